The van der Waals surface area contributed by atoms with Gasteiger partial charge in [0.2, 0.25) is 5.91 Å². The molecule has 3 rings (SSSR count). The number of nitrogens with one attached hydrogen (secondary N) is 2. The molecule has 1 aromatic heterocycles. The summed E-state index contributed by atoms with van der Waals surface area (Å²) in [5.41, 5.74) is 1.81. The summed E-state index contributed by atoms with van der Waals surface area (Å²) < 4.78 is 1.42. The number of carbonyl (C=O) groups excluding carboxylic acids is 1. The SMILES string of the molecule is CCC(=O)Nc1cc(CNc2c(C#N)c(C)nn2-c2cccc([N+](=O)[O-])c2)cc(Cl)c1O. The Morgan fingerprint density at radius 2 is 2.12 bits per heavy atom. The van der Waals surface area contributed by atoms with E-state index in [9.17, 15) is 25.3 Å². The van der Waals surface area contributed by atoms with Crippen molar-refractivity contribution in [1.29, 1.82) is 5.26 Å². The highest BCUT2D eigenvalue weighted by Crippen LogP contribution is 2.34. The van der Waals surface area contributed by atoms with Crippen molar-refractivity contribution in [2.45, 2.75) is 26.8 Å². The van der Waals surface area contributed by atoms with E-state index in [1.165, 1.54) is 28.9 Å². The Labute approximate surface area is 188 Å². The van der Waals surface area contributed by atoms with Gasteiger partial charge in [-0.1, -0.05) is 24.6 Å². The number of aromatic nitrogens is 2. The van der Waals surface area contributed by atoms with Crippen LogP contribution in [-0.4, -0.2) is 25.7 Å². The first-order valence-electron chi connectivity index (χ1n) is 9.54. The quantitative estimate of drug-likeness (QED) is 0.274. The van der Waals surface area contributed by atoms with Crippen molar-refractivity contribution in [3.05, 3.63) is 68.4 Å². The number of nitro benzene ring substituents is 1. The number of hydrogen-bond acceptors (Lipinski definition) is 7. The van der Waals surface area contributed by atoms with Crippen molar-refractivity contribution in [1.82, 2.24) is 9.78 Å². The maximum absolute atomic E-state index is 11.7. The highest BCUT2D eigenvalue weighted by molar-refractivity contribution is 6.32. The Balaban J connectivity index is 1.97. The van der Waals surface area contributed by atoms with Crippen molar-refractivity contribution in [3.63, 3.8) is 0 Å². The van der Waals surface area contributed by atoms with Crippen molar-refractivity contribution in [3.8, 4) is 17.5 Å². The number of benzene rings is 2. The maximum Gasteiger partial charge on any atom is 0.271 e. The molecule has 0 radical (unpaired) electrons. The molecule has 0 saturated carbocycles. The van der Waals surface area contributed by atoms with Crippen LogP contribution in [0.25, 0.3) is 5.69 Å². The molecule has 164 valence electrons. The van der Waals surface area contributed by atoms with E-state index in [1.807, 2.05) is 0 Å². The van der Waals surface area contributed by atoms with Crippen LogP contribution in [0.15, 0.2) is 36.4 Å². The molecule has 1 amide bonds. The number of phenolic OH excluding ortho intramolecular Hbond substituents is 1. The number of halogens is 1. The molecule has 0 unspecified atom stereocenters. The Morgan fingerprint density at radius 3 is 2.78 bits per heavy atom. The zero-order valence-electron chi connectivity index (χ0n) is 17.2. The summed E-state index contributed by atoms with van der Waals surface area (Å²) in [4.78, 5) is 22.4. The van der Waals surface area contributed by atoms with Crippen LogP contribution >= 0.6 is 11.6 Å². The Morgan fingerprint density at radius 1 is 1.38 bits per heavy atom. The number of aryl methyl sites for hydroxylation is 1. The molecule has 0 atom stereocenters. The van der Waals surface area contributed by atoms with Crippen molar-refractivity contribution < 1.29 is 14.8 Å². The summed E-state index contributed by atoms with van der Waals surface area (Å²) in [7, 11) is 0. The van der Waals surface area contributed by atoms with Gasteiger partial charge in [-0.05, 0) is 30.7 Å². The van der Waals surface area contributed by atoms with Gasteiger partial charge in [-0.15, -0.1) is 0 Å². The van der Waals surface area contributed by atoms with Gasteiger partial charge in [0.05, 0.1) is 27.0 Å². The fourth-order valence-corrected chi connectivity index (χ4v) is 3.27. The monoisotopic (exact) mass is 454 g/mol. The van der Waals surface area contributed by atoms with Gasteiger partial charge in [0.1, 0.15) is 17.5 Å². The highest BCUT2D eigenvalue weighted by Gasteiger charge is 2.19. The number of non-ortho nitro benzene ring substituents is 1. The van der Waals surface area contributed by atoms with E-state index in [4.69, 9.17) is 11.6 Å². The fraction of sp³-hybridized carbons (Fsp3) is 0.190. The second kappa shape index (κ2) is 9.36. The lowest BCUT2D eigenvalue weighted by Crippen LogP contribution is -2.11. The molecule has 3 aromatic rings. The maximum atomic E-state index is 11.7. The number of phenols is 1. The number of anilines is 2. The van der Waals surface area contributed by atoms with Crippen LogP contribution in [0.4, 0.5) is 17.2 Å². The molecular formula is C21H19ClN6O4. The molecule has 10 nitrogen and oxygen atoms in total. The number of nitriles is 1. The van der Waals surface area contributed by atoms with Gasteiger partial charge in [-0.25, -0.2) is 4.68 Å². The first kappa shape index (κ1) is 22.6. The minimum Gasteiger partial charge on any atom is -0.504 e. The van der Waals surface area contributed by atoms with Crippen molar-refractivity contribution in [2.75, 3.05) is 10.6 Å². The lowest BCUT2D eigenvalue weighted by atomic mass is 10.1. The highest BCUT2D eigenvalue weighted by atomic mass is 35.5. The molecule has 0 aliphatic carbocycles. The molecule has 11 heteroatoms. The zero-order chi connectivity index (χ0) is 23.4. The summed E-state index contributed by atoms with van der Waals surface area (Å²) in [5.74, 6) is -0.186. The lowest BCUT2D eigenvalue weighted by Gasteiger charge is -2.13. The van der Waals surface area contributed by atoms with Crippen LogP contribution in [0.5, 0.6) is 5.75 Å². The number of carbonyl (C=O) groups is 1. The average Bonchev–Trinajstić information content (AvgIpc) is 3.10. The molecule has 2 aromatic carbocycles. The summed E-state index contributed by atoms with van der Waals surface area (Å²) in [6.07, 6.45) is 0.229. The Kier molecular flexibility index (Phi) is 6.61. The molecule has 0 aliphatic heterocycles. The minimum absolute atomic E-state index is 0.0552. The van der Waals surface area contributed by atoms with E-state index in [2.05, 4.69) is 21.8 Å². The van der Waals surface area contributed by atoms with Crippen LogP contribution in [-0.2, 0) is 11.3 Å². The minimum atomic E-state index is -0.511. The van der Waals surface area contributed by atoms with Gasteiger partial charge in [-0.2, -0.15) is 10.4 Å². The van der Waals surface area contributed by atoms with Gasteiger partial charge in [-0.3, -0.25) is 14.9 Å². The molecular weight excluding hydrogens is 436 g/mol. The molecule has 0 fully saturated rings. The predicted octanol–water partition coefficient (Wildman–Crippen LogP) is 4.28. The number of nitro groups is 1. The summed E-state index contributed by atoms with van der Waals surface area (Å²) in [6.45, 7) is 3.51. The van der Waals surface area contributed by atoms with Gasteiger partial charge < -0.3 is 15.7 Å². The average molecular weight is 455 g/mol. The van der Waals surface area contributed by atoms with Gasteiger partial charge >= 0.3 is 0 Å². The zero-order valence-corrected chi connectivity index (χ0v) is 18.0. The lowest BCUT2D eigenvalue weighted by molar-refractivity contribution is -0.384. The van der Waals surface area contributed by atoms with E-state index in [0.717, 1.165) is 0 Å². The second-order valence-electron chi connectivity index (χ2n) is 6.84. The number of rotatable bonds is 7. The van der Waals surface area contributed by atoms with Crippen LogP contribution in [0, 0.1) is 28.4 Å². The number of hydrogen-bond donors (Lipinski definition) is 3. The van der Waals surface area contributed by atoms with E-state index in [-0.39, 0.29) is 46.6 Å². The third kappa shape index (κ3) is 4.63. The molecule has 0 aliphatic rings. The predicted molar refractivity (Wildman–Crippen MR) is 119 cm³/mol. The van der Waals surface area contributed by atoms with E-state index in [1.54, 1.807) is 26.0 Å². The normalized spacial score (nSPS) is 10.4. The topological polar surface area (TPSA) is 146 Å². The number of amides is 1. The molecule has 32 heavy (non-hydrogen) atoms. The first-order valence-corrected chi connectivity index (χ1v) is 9.92. The Bertz CT molecular complexity index is 1250. The van der Waals surface area contributed by atoms with E-state index in [0.29, 0.717) is 22.8 Å². The van der Waals surface area contributed by atoms with Gasteiger partial charge in [0.25, 0.3) is 5.69 Å². The van der Waals surface area contributed by atoms with Crippen molar-refractivity contribution >= 4 is 34.7 Å². The van der Waals surface area contributed by atoms with Crippen LogP contribution in [0.2, 0.25) is 5.02 Å². The van der Waals surface area contributed by atoms with Crippen LogP contribution < -0.4 is 10.6 Å². The van der Waals surface area contributed by atoms with Gasteiger partial charge in [0.15, 0.2) is 5.75 Å². The van der Waals surface area contributed by atoms with Crippen molar-refractivity contribution in [2.24, 2.45) is 0 Å². The molecule has 0 spiro atoms. The second-order valence-corrected chi connectivity index (χ2v) is 7.25. The molecule has 0 bridgehead atoms. The Hall–Kier alpha value is -4.10. The van der Waals surface area contributed by atoms with Gasteiger partial charge in [0, 0.05) is 25.1 Å². The number of nitrogens with zero attached hydrogens (tertiary/aromatic N) is 4. The molecule has 1 heterocycles. The first-order chi connectivity index (χ1) is 15.2. The molecule has 0 saturated heterocycles. The fourth-order valence-electron chi connectivity index (χ4n) is 3.03. The van der Waals surface area contributed by atoms with E-state index >= 15 is 0 Å². The summed E-state index contributed by atoms with van der Waals surface area (Å²) in [6, 6.07) is 11.1. The summed E-state index contributed by atoms with van der Waals surface area (Å²) in [5, 5.41) is 41.0. The smallest absolute Gasteiger partial charge is 0.271 e. The van der Waals surface area contributed by atoms with E-state index < -0.39 is 4.92 Å². The third-order valence-electron chi connectivity index (χ3n) is 4.64. The largest absolute Gasteiger partial charge is 0.504 e. The summed E-state index contributed by atoms with van der Waals surface area (Å²) >= 11 is 6.10. The molecule has 3 N–H and O–H groups in total. The third-order valence-corrected chi connectivity index (χ3v) is 4.92. The standard InChI is InChI=1S/C21H19ClN6O4/c1-3-19(29)25-18-8-13(7-17(22)20(18)30)11-24-21-16(10-23)12(2)26-27(21)14-5-4-6-15(9-14)28(31)32/h4-9,24,30H,3,11H2,1-2H3,(H,25,29). The number of aromatic hydroxyl groups is 1. The van der Waals surface area contributed by atoms with Crippen LogP contribution in [0.3, 0.4) is 0 Å². The van der Waals surface area contributed by atoms with Crippen LogP contribution in [0.1, 0.15) is 30.2 Å².